The van der Waals surface area contributed by atoms with Crippen LogP contribution in [0.25, 0.3) is 0 Å². The first-order chi connectivity index (χ1) is 7.54. The number of hydrogen-bond donors (Lipinski definition) is 2. The summed E-state index contributed by atoms with van der Waals surface area (Å²) >= 11 is 0. The topological polar surface area (TPSA) is 58.4 Å². The molecule has 88 valence electrons. The summed E-state index contributed by atoms with van der Waals surface area (Å²) in [7, 11) is 3.95. The first-order valence-electron chi connectivity index (χ1n) is 5.38. The molecule has 0 aliphatic carbocycles. The molecule has 0 fully saturated rings. The average Bonchev–Trinajstić information content (AvgIpc) is 2.28. The Balaban J connectivity index is 2.65. The lowest BCUT2D eigenvalue weighted by Gasteiger charge is -2.14. The van der Waals surface area contributed by atoms with Crippen LogP contribution >= 0.6 is 0 Å². The van der Waals surface area contributed by atoms with Gasteiger partial charge in [0, 0.05) is 25.5 Å². The quantitative estimate of drug-likeness (QED) is 0.808. The molecule has 1 atom stereocenters. The molecule has 1 aromatic carbocycles. The second-order valence-electron chi connectivity index (χ2n) is 3.95. The van der Waals surface area contributed by atoms with E-state index >= 15 is 0 Å². The number of nitrogens with one attached hydrogen (secondary N) is 1. The van der Waals surface area contributed by atoms with Crippen LogP contribution in [0, 0.1) is 0 Å². The molecule has 0 saturated carbocycles. The summed E-state index contributed by atoms with van der Waals surface area (Å²) in [6, 6.07) is 7.21. The van der Waals surface area contributed by atoms with Crippen molar-refractivity contribution in [3.63, 3.8) is 0 Å². The summed E-state index contributed by atoms with van der Waals surface area (Å²) in [5, 5.41) is 2.78. The van der Waals surface area contributed by atoms with Crippen LogP contribution in [0.2, 0.25) is 0 Å². The van der Waals surface area contributed by atoms with Crippen molar-refractivity contribution in [1.29, 1.82) is 0 Å². The molecular formula is C12H19N3O. The van der Waals surface area contributed by atoms with E-state index in [4.69, 9.17) is 5.73 Å². The SMILES string of the molecule is CCC(N)C(=O)Nc1ccc(N(C)C)cc1. The van der Waals surface area contributed by atoms with Gasteiger partial charge in [-0.15, -0.1) is 0 Å². The van der Waals surface area contributed by atoms with Gasteiger partial charge < -0.3 is 16.0 Å². The molecule has 0 aromatic heterocycles. The third-order valence-corrected chi connectivity index (χ3v) is 2.43. The third kappa shape index (κ3) is 3.24. The van der Waals surface area contributed by atoms with Gasteiger partial charge >= 0.3 is 0 Å². The fourth-order valence-electron chi connectivity index (χ4n) is 1.26. The zero-order chi connectivity index (χ0) is 12.1. The number of anilines is 2. The van der Waals surface area contributed by atoms with Crippen LogP contribution in [0.5, 0.6) is 0 Å². The largest absolute Gasteiger partial charge is 0.378 e. The van der Waals surface area contributed by atoms with E-state index < -0.39 is 6.04 Å². The van der Waals surface area contributed by atoms with Gasteiger partial charge in [0.1, 0.15) is 0 Å². The zero-order valence-electron chi connectivity index (χ0n) is 10.0. The van der Waals surface area contributed by atoms with Gasteiger partial charge in [0.25, 0.3) is 0 Å². The Hall–Kier alpha value is -1.55. The highest BCUT2D eigenvalue weighted by molar-refractivity contribution is 5.94. The van der Waals surface area contributed by atoms with Gasteiger partial charge in [-0.3, -0.25) is 4.79 Å². The van der Waals surface area contributed by atoms with Crippen LogP contribution in [-0.2, 0) is 4.79 Å². The van der Waals surface area contributed by atoms with Gasteiger partial charge in [0.15, 0.2) is 0 Å². The number of benzene rings is 1. The van der Waals surface area contributed by atoms with Gasteiger partial charge in [-0.2, -0.15) is 0 Å². The lowest BCUT2D eigenvalue weighted by atomic mass is 10.2. The van der Waals surface area contributed by atoms with Crippen LogP contribution in [0.1, 0.15) is 13.3 Å². The summed E-state index contributed by atoms with van der Waals surface area (Å²) in [6.07, 6.45) is 0.640. The maximum atomic E-state index is 11.5. The molecule has 4 nitrogen and oxygen atoms in total. The Morgan fingerprint density at radius 2 is 1.94 bits per heavy atom. The number of nitrogens with two attached hydrogens (primary N) is 1. The van der Waals surface area contributed by atoms with Gasteiger partial charge in [0.05, 0.1) is 6.04 Å². The first kappa shape index (κ1) is 12.5. The molecule has 0 aliphatic rings. The molecule has 0 aliphatic heterocycles. The Morgan fingerprint density at radius 1 is 1.38 bits per heavy atom. The highest BCUT2D eigenvalue weighted by atomic mass is 16.2. The van der Waals surface area contributed by atoms with Crippen molar-refractivity contribution in [1.82, 2.24) is 0 Å². The van der Waals surface area contributed by atoms with E-state index in [2.05, 4.69) is 5.32 Å². The summed E-state index contributed by atoms with van der Waals surface area (Å²) in [5.41, 5.74) is 7.49. The van der Waals surface area contributed by atoms with Crippen LogP contribution in [0.3, 0.4) is 0 Å². The van der Waals surface area contributed by atoms with Crippen LogP contribution in [0.4, 0.5) is 11.4 Å². The highest BCUT2D eigenvalue weighted by Gasteiger charge is 2.10. The van der Waals surface area contributed by atoms with E-state index in [1.165, 1.54) is 0 Å². The molecule has 0 bridgehead atoms. The van der Waals surface area contributed by atoms with Gasteiger partial charge in [-0.05, 0) is 30.7 Å². The van der Waals surface area contributed by atoms with Crippen LogP contribution in [-0.4, -0.2) is 26.0 Å². The second kappa shape index (κ2) is 5.51. The number of nitrogens with zero attached hydrogens (tertiary/aromatic N) is 1. The number of hydrogen-bond acceptors (Lipinski definition) is 3. The standard InChI is InChI=1S/C12H19N3O/c1-4-11(13)12(16)14-9-5-7-10(8-6-9)15(2)3/h5-8,11H,4,13H2,1-3H3,(H,14,16). The first-order valence-corrected chi connectivity index (χ1v) is 5.38. The van der Waals surface area contributed by atoms with E-state index in [1.807, 2.05) is 50.2 Å². The minimum absolute atomic E-state index is 0.139. The predicted molar refractivity (Wildman–Crippen MR) is 67.7 cm³/mol. The number of carbonyl (C=O) groups excluding carboxylic acids is 1. The van der Waals surface area contributed by atoms with E-state index in [9.17, 15) is 4.79 Å². The van der Waals surface area contributed by atoms with E-state index in [0.29, 0.717) is 6.42 Å². The summed E-state index contributed by atoms with van der Waals surface area (Å²) in [6.45, 7) is 1.89. The molecule has 0 spiro atoms. The molecule has 1 unspecified atom stereocenters. The number of carbonyl (C=O) groups is 1. The minimum Gasteiger partial charge on any atom is -0.378 e. The monoisotopic (exact) mass is 221 g/mol. The maximum absolute atomic E-state index is 11.5. The second-order valence-corrected chi connectivity index (χ2v) is 3.95. The molecule has 16 heavy (non-hydrogen) atoms. The predicted octanol–water partition coefficient (Wildman–Crippen LogP) is 1.43. The van der Waals surface area contributed by atoms with E-state index in [-0.39, 0.29) is 5.91 Å². The smallest absolute Gasteiger partial charge is 0.241 e. The van der Waals surface area contributed by atoms with Crippen LogP contribution in [0.15, 0.2) is 24.3 Å². The molecule has 1 aromatic rings. The Labute approximate surface area is 96.4 Å². The fourth-order valence-corrected chi connectivity index (χ4v) is 1.26. The Bertz CT molecular complexity index is 346. The molecule has 0 heterocycles. The Morgan fingerprint density at radius 3 is 2.38 bits per heavy atom. The highest BCUT2D eigenvalue weighted by Crippen LogP contribution is 2.15. The molecule has 0 radical (unpaired) electrons. The van der Waals surface area contributed by atoms with Crippen molar-refractivity contribution in [2.24, 2.45) is 5.73 Å². The van der Waals surface area contributed by atoms with E-state index in [1.54, 1.807) is 0 Å². The molecule has 0 saturated heterocycles. The van der Waals surface area contributed by atoms with Crippen molar-refractivity contribution < 1.29 is 4.79 Å². The van der Waals surface area contributed by atoms with Crippen molar-refractivity contribution in [2.75, 3.05) is 24.3 Å². The van der Waals surface area contributed by atoms with Crippen molar-refractivity contribution in [3.8, 4) is 0 Å². The molecule has 1 rings (SSSR count). The van der Waals surface area contributed by atoms with Gasteiger partial charge in [-0.1, -0.05) is 6.92 Å². The number of rotatable bonds is 4. The normalized spacial score (nSPS) is 12.0. The Kier molecular flexibility index (Phi) is 4.31. The number of amides is 1. The lowest BCUT2D eigenvalue weighted by molar-refractivity contribution is -0.117. The maximum Gasteiger partial charge on any atom is 0.241 e. The molecule has 1 amide bonds. The third-order valence-electron chi connectivity index (χ3n) is 2.43. The van der Waals surface area contributed by atoms with E-state index in [0.717, 1.165) is 11.4 Å². The lowest BCUT2D eigenvalue weighted by Crippen LogP contribution is -2.34. The van der Waals surface area contributed by atoms with Crippen molar-refractivity contribution in [3.05, 3.63) is 24.3 Å². The molecule has 3 N–H and O–H groups in total. The summed E-state index contributed by atoms with van der Waals surface area (Å²) in [5.74, 6) is -0.139. The molecule has 4 heteroatoms. The minimum atomic E-state index is -0.437. The zero-order valence-corrected chi connectivity index (χ0v) is 10.0. The average molecular weight is 221 g/mol. The molecular weight excluding hydrogens is 202 g/mol. The van der Waals surface area contributed by atoms with Crippen molar-refractivity contribution in [2.45, 2.75) is 19.4 Å². The van der Waals surface area contributed by atoms with Gasteiger partial charge in [-0.25, -0.2) is 0 Å². The fraction of sp³-hybridized carbons (Fsp3) is 0.417. The van der Waals surface area contributed by atoms with Crippen LogP contribution < -0.4 is 16.0 Å². The van der Waals surface area contributed by atoms with Crippen molar-refractivity contribution >= 4 is 17.3 Å². The summed E-state index contributed by atoms with van der Waals surface area (Å²) < 4.78 is 0. The summed E-state index contributed by atoms with van der Waals surface area (Å²) in [4.78, 5) is 13.5. The van der Waals surface area contributed by atoms with Gasteiger partial charge in [0.2, 0.25) is 5.91 Å².